The average Bonchev–Trinajstić information content (AvgIpc) is 2.42. The largest absolute Gasteiger partial charge is 0.508 e. The van der Waals surface area contributed by atoms with Crippen LogP contribution in [0.3, 0.4) is 0 Å². The smallest absolute Gasteiger partial charge is 0.119 e. The summed E-state index contributed by atoms with van der Waals surface area (Å²) in [4.78, 5) is 0. The first-order chi connectivity index (χ1) is 6.63. The summed E-state index contributed by atoms with van der Waals surface area (Å²) in [6, 6.07) is 5.99. The van der Waals surface area contributed by atoms with E-state index in [0.717, 1.165) is 17.5 Å². The summed E-state index contributed by atoms with van der Waals surface area (Å²) < 4.78 is 2.25. The Morgan fingerprint density at radius 3 is 2.57 bits per heavy atom. The first-order valence-corrected chi connectivity index (χ1v) is 4.93. The molecule has 0 bridgehead atoms. The fraction of sp³-hybridized carbons (Fsp3) is 0.333. The van der Waals surface area contributed by atoms with Crippen LogP contribution in [0.1, 0.15) is 18.2 Å². The number of fused-ring (bicyclic) bond motifs is 1. The Morgan fingerprint density at radius 2 is 1.93 bits per heavy atom. The molecule has 0 saturated carbocycles. The van der Waals surface area contributed by atoms with Gasteiger partial charge in [0.15, 0.2) is 0 Å². The Labute approximate surface area is 83.8 Å². The number of benzene rings is 1. The lowest BCUT2D eigenvalue weighted by Crippen LogP contribution is -1.95. The minimum absolute atomic E-state index is 0.380. The topological polar surface area (TPSA) is 25.2 Å². The van der Waals surface area contributed by atoms with Crippen LogP contribution in [-0.4, -0.2) is 9.67 Å². The molecule has 0 unspecified atom stereocenters. The summed E-state index contributed by atoms with van der Waals surface area (Å²) in [6.07, 6.45) is 0. The van der Waals surface area contributed by atoms with Crippen LogP contribution in [0.15, 0.2) is 18.2 Å². The first kappa shape index (κ1) is 9.13. The summed E-state index contributed by atoms with van der Waals surface area (Å²) in [5.41, 5.74) is 3.39. The molecule has 74 valence electrons. The van der Waals surface area contributed by atoms with Crippen LogP contribution in [0.5, 0.6) is 5.75 Å². The van der Waals surface area contributed by atoms with E-state index in [4.69, 9.17) is 0 Å². The van der Waals surface area contributed by atoms with Crippen molar-refractivity contribution in [1.82, 2.24) is 4.57 Å². The van der Waals surface area contributed by atoms with Gasteiger partial charge in [-0.25, -0.2) is 0 Å². The number of aromatic nitrogens is 1. The average molecular weight is 189 g/mol. The number of phenols is 1. The third-order valence-electron chi connectivity index (χ3n) is 2.74. The maximum Gasteiger partial charge on any atom is 0.119 e. The minimum atomic E-state index is 0.380. The molecule has 2 rings (SSSR count). The number of hydrogen-bond donors (Lipinski definition) is 1. The maximum atomic E-state index is 9.58. The molecular formula is C12H15NO. The van der Waals surface area contributed by atoms with E-state index in [1.165, 1.54) is 11.2 Å². The molecule has 14 heavy (non-hydrogen) atoms. The number of phenolic OH excluding ortho intramolecular Hbond substituents is 1. The van der Waals surface area contributed by atoms with Gasteiger partial charge in [0.1, 0.15) is 5.75 Å². The van der Waals surface area contributed by atoms with E-state index in [2.05, 4.69) is 24.5 Å². The molecule has 0 saturated heterocycles. The van der Waals surface area contributed by atoms with Gasteiger partial charge in [0.05, 0.1) is 0 Å². The zero-order chi connectivity index (χ0) is 10.3. The van der Waals surface area contributed by atoms with Crippen LogP contribution in [-0.2, 0) is 6.54 Å². The molecule has 0 atom stereocenters. The van der Waals surface area contributed by atoms with Crippen LogP contribution in [0.2, 0.25) is 0 Å². The number of hydrogen-bond acceptors (Lipinski definition) is 1. The van der Waals surface area contributed by atoms with Crippen molar-refractivity contribution in [3.05, 3.63) is 29.5 Å². The van der Waals surface area contributed by atoms with Crippen molar-refractivity contribution in [2.24, 2.45) is 0 Å². The summed E-state index contributed by atoms with van der Waals surface area (Å²) in [7, 11) is 0. The van der Waals surface area contributed by atoms with Gasteiger partial charge in [-0.15, -0.1) is 0 Å². The van der Waals surface area contributed by atoms with E-state index in [-0.39, 0.29) is 0 Å². The quantitative estimate of drug-likeness (QED) is 0.733. The van der Waals surface area contributed by atoms with Gasteiger partial charge in [-0.2, -0.15) is 0 Å². The standard InChI is InChI=1S/C12H15NO/c1-4-13-9(3)6-10-7-12(14)8(2)5-11(10)13/h5-7,14H,4H2,1-3H3. The van der Waals surface area contributed by atoms with Gasteiger partial charge in [0.2, 0.25) is 0 Å². The molecular weight excluding hydrogens is 174 g/mol. The van der Waals surface area contributed by atoms with Gasteiger partial charge < -0.3 is 9.67 Å². The fourth-order valence-corrected chi connectivity index (χ4v) is 1.96. The SMILES string of the molecule is CCn1c(C)cc2cc(O)c(C)cc21. The van der Waals surface area contributed by atoms with E-state index in [9.17, 15) is 5.11 Å². The van der Waals surface area contributed by atoms with E-state index in [1.54, 1.807) is 0 Å². The highest BCUT2D eigenvalue weighted by Crippen LogP contribution is 2.26. The fourth-order valence-electron chi connectivity index (χ4n) is 1.96. The van der Waals surface area contributed by atoms with Crippen LogP contribution in [0.4, 0.5) is 0 Å². The third-order valence-corrected chi connectivity index (χ3v) is 2.74. The number of rotatable bonds is 1. The predicted molar refractivity (Wildman–Crippen MR) is 58.8 cm³/mol. The zero-order valence-electron chi connectivity index (χ0n) is 8.83. The van der Waals surface area contributed by atoms with Crippen molar-refractivity contribution in [2.75, 3.05) is 0 Å². The van der Waals surface area contributed by atoms with Gasteiger partial charge in [-0.3, -0.25) is 0 Å². The Morgan fingerprint density at radius 1 is 1.21 bits per heavy atom. The lowest BCUT2D eigenvalue weighted by atomic mass is 10.1. The maximum absolute atomic E-state index is 9.58. The second-order valence-electron chi connectivity index (χ2n) is 3.73. The van der Waals surface area contributed by atoms with E-state index >= 15 is 0 Å². The second-order valence-corrected chi connectivity index (χ2v) is 3.73. The molecule has 2 heteroatoms. The van der Waals surface area contributed by atoms with E-state index in [1.807, 2.05) is 19.1 Å². The van der Waals surface area contributed by atoms with Gasteiger partial charge in [-0.05, 0) is 44.5 Å². The first-order valence-electron chi connectivity index (χ1n) is 4.93. The molecule has 1 heterocycles. The van der Waals surface area contributed by atoms with Crippen LogP contribution in [0.25, 0.3) is 10.9 Å². The van der Waals surface area contributed by atoms with E-state index in [0.29, 0.717) is 5.75 Å². The Balaban J connectivity index is 2.82. The van der Waals surface area contributed by atoms with Crippen LogP contribution in [0, 0.1) is 13.8 Å². The van der Waals surface area contributed by atoms with Crippen molar-refractivity contribution < 1.29 is 5.11 Å². The Hall–Kier alpha value is -1.44. The highest BCUT2D eigenvalue weighted by Gasteiger charge is 2.06. The molecule has 0 amide bonds. The summed E-state index contributed by atoms with van der Waals surface area (Å²) >= 11 is 0. The van der Waals surface area contributed by atoms with E-state index < -0.39 is 0 Å². The number of nitrogens with zero attached hydrogens (tertiary/aromatic N) is 1. The lowest BCUT2D eigenvalue weighted by molar-refractivity contribution is 0.472. The Bertz CT molecular complexity index is 483. The molecule has 2 aromatic rings. The summed E-state index contributed by atoms with van der Waals surface area (Å²) in [5, 5.41) is 10.7. The zero-order valence-corrected chi connectivity index (χ0v) is 8.83. The van der Waals surface area contributed by atoms with Gasteiger partial charge in [-0.1, -0.05) is 0 Å². The minimum Gasteiger partial charge on any atom is -0.508 e. The predicted octanol–water partition coefficient (Wildman–Crippen LogP) is 2.98. The van der Waals surface area contributed by atoms with Crippen molar-refractivity contribution in [1.29, 1.82) is 0 Å². The second kappa shape index (κ2) is 3.05. The molecule has 0 aliphatic heterocycles. The molecule has 0 aliphatic rings. The summed E-state index contributed by atoms with van der Waals surface area (Å²) in [5.74, 6) is 0.380. The van der Waals surface area contributed by atoms with Crippen LogP contribution < -0.4 is 0 Å². The molecule has 1 aromatic heterocycles. The molecule has 0 radical (unpaired) electrons. The van der Waals surface area contributed by atoms with Crippen molar-refractivity contribution in [3.63, 3.8) is 0 Å². The molecule has 1 aromatic carbocycles. The summed E-state index contributed by atoms with van der Waals surface area (Å²) in [6.45, 7) is 7.13. The highest BCUT2D eigenvalue weighted by molar-refractivity contribution is 5.83. The molecule has 2 nitrogen and oxygen atoms in total. The molecule has 0 fully saturated rings. The van der Waals surface area contributed by atoms with Crippen molar-refractivity contribution in [2.45, 2.75) is 27.3 Å². The Kier molecular flexibility index (Phi) is 1.99. The van der Waals surface area contributed by atoms with Crippen molar-refractivity contribution >= 4 is 10.9 Å². The molecule has 1 N–H and O–H groups in total. The van der Waals surface area contributed by atoms with Crippen LogP contribution >= 0.6 is 0 Å². The van der Waals surface area contributed by atoms with Gasteiger partial charge >= 0.3 is 0 Å². The third kappa shape index (κ3) is 1.18. The molecule has 0 aliphatic carbocycles. The lowest BCUT2D eigenvalue weighted by Gasteiger charge is -2.05. The van der Waals surface area contributed by atoms with Gasteiger partial charge in [0.25, 0.3) is 0 Å². The number of aryl methyl sites for hydroxylation is 3. The highest BCUT2D eigenvalue weighted by atomic mass is 16.3. The number of aromatic hydroxyl groups is 1. The molecule has 0 spiro atoms. The van der Waals surface area contributed by atoms with Crippen molar-refractivity contribution in [3.8, 4) is 5.75 Å². The normalized spacial score (nSPS) is 11.1. The van der Waals surface area contributed by atoms with Gasteiger partial charge in [0, 0.05) is 23.1 Å². The monoisotopic (exact) mass is 189 g/mol.